The Morgan fingerprint density at radius 1 is 1.33 bits per heavy atom. The van der Waals surface area contributed by atoms with Gasteiger partial charge in [-0.15, -0.1) is 0 Å². The number of nitrogens with one attached hydrogen (secondary N) is 2. The van der Waals surface area contributed by atoms with Crippen LogP contribution in [0.2, 0.25) is 0 Å². The van der Waals surface area contributed by atoms with Gasteiger partial charge in [0.05, 0.1) is 18.9 Å². The van der Waals surface area contributed by atoms with E-state index >= 15 is 0 Å². The summed E-state index contributed by atoms with van der Waals surface area (Å²) in [6.45, 7) is 0. The van der Waals surface area contributed by atoms with E-state index in [0.29, 0.717) is 11.4 Å². The average Bonchev–Trinajstić information content (AvgIpc) is 2.55. The molecule has 0 saturated heterocycles. The molecule has 8 heteroatoms. The number of hydrazone groups is 1. The Balaban J connectivity index is 1.99. The van der Waals surface area contributed by atoms with Gasteiger partial charge in [0.25, 0.3) is 0 Å². The second-order valence-electron chi connectivity index (χ2n) is 4.60. The van der Waals surface area contributed by atoms with E-state index in [4.69, 9.17) is 22.1 Å². The zero-order valence-corrected chi connectivity index (χ0v) is 15.0. The highest BCUT2D eigenvalue weighted by Gasteiger charge is 2.04. The summed E-state index contributed by atoms with van der Waals surface area (Å²) in [6.07, 6.45) is 1.57. The van der Waals surface area contributed by atoms with Gasteiger partial charge in [-0.05, 0) is 48.6 Å². The number of methoxy groups -OCH3 is 1. The van der Waals surface area contributed by atoms with Gasteiger partial charge in [0.2, 0.25) is 0 Å². The summed E-state index contributed by atoms with van der Waals surface area (Å²) in [6, 6.07) is 11.9. The van der Waals surface area contributed by atoms with Crippen LogP contribution in [0.3, 0.4) is 0 Å². The molecule has 0 spiro atoms. The van der Waals surface area contributed by atoms with Crippen LogP contribution >= 0.6 is 28.1 Å². The van der Waals surface area contributed by atoms with E-state index in [0.717, 1.165) is 10.0 Å². The third-order valence-corrected chi connectivity index (χ3v) is 3.62. The Morgan fingerprint density at radius 2 is 2.12 bits per heavy atom. The molecule has 0 aliphatic heterocycles. The predicted molar refractivity (Wildman–Crippen MR) is 101 cm³/mol. The van der Waals surface area contributed by atoms with Crippen LogP contribution in [0, 0.1) is 0 Å². The van der Waals surface area contributed by atoms with Crippen LogP contribution in [0.25, 0.3) is 0 Å². The lowest BCUT2D eigenvalue weighted by Gasteiger charge is -2.08. The van der Waals surface area contributed by atoms with Crippen molar-refractivity contribution in [3.05, 3.63) is 58.1 Å². The molecule has 0 aliphatic rings. The van der Waals surface area contributed by atoms with E-state index in [2.05, 4.69) is 31.8 Å². The zero-order valence-electron chi connectivity index (χ0n) is 12.6. The SMILES string of the molecule is COc1ccc(Br)cc1/C=N\NC(=S)Nc1cccc(C(=O)O)c1. The predicted octanol–water partition coefficient (Wildman–Crippen LogP) is 3.48. The lowest BCUT2D eigenvalue weighted by atomic mass is 10.2. The van der Waals surface area contributed by atoms with Crippen molar-refractivity contribution in [3.63, 3.8) is 0 Å². The van der Waals surface area contributed by atoms with Gasteiger partial charge in [0.1, 0.15) is 5.75 Å². The molecule has 2 rings (SSSR count). The maximum atomic E-state index is 10.9. The fourth-order valence-electron chi connectivity index (χ4n) is 1.86. The average molecular weight is 408 g/mol. The molecule has 6 nitrogen and oxygen atoms in total. The van der Waals surface area contributed by atoms with Crippen LogP contribution in [-0.2, 0) is 0 Å². The normalized spacial score (nSPS) is 10.4. The molecule has 0 bridgehead atoms. The number of rotatable bonds is 5. The lowest BCUT2D eigenvalue weighted by Crippen LogP contribution is -2.24. The largest absolute Gasteiger partial charge is 0.496 e. The van der Waals surface area contributed by atoms with Gasteiger partial charge >= 0.3 is 5.97 Å². The lowest BCUT2D eigenvalue weighted by molar-refractivity contribution is 0.0697. The minimum Gasteiger partial charge on any atom is -0.496 e. The van der Waals surface area contributed by atoms with Gasteiger partial charge in [-0.25, -0.2) is 4.79 Å². The first-order valence-corrected chi connectivity index (χ1v) is 7.96. The maximum Gasteiger partial charge on any atom is 0.335 e. The summed E-state index contributed by atoms with van der Waals surface area (Å²) >= 11 is 8.51. The van der Waals surface area contributed by atoms with E-state index < -0.39 is 5.97 Å². The first-order chi connectivity index (χ1) is 11.5. The first-order valence-electron chi connectivity index (χ1n) is 6.76. The fourth-order valence-corrected chi connectivity index (χ4v) is 2.40. The minimum absolute atomic E-state index is 0.171. The number of thiocarbonyl (C=S) groups is 1. The van der Waals surface area contributed by atoms with Crippen LogP contribution in [0.15, 0.2) is 52.0 Å². The van der Waals surface area contributed by atoms with E-state index in [1.54, 1.807) is 25.5 Å². The molecule has 0 aliphatic carbocycles. The summed E-state index contributed by atoms with van der Waals surface area (Å²) in [5, 5.41) is 16.1. The van der Waals surface area contributed by atoms with Crippen molar-refractivity contribution in [2.75, 3.05) is 12.4 Å². The molecule has 0 unspecified atom stereocenters. The smallest absolute Gasteiger partial charge is 0.335 e. The Bertz CT molecular complexity index is 796. The Kier molecular flexibility index (Phi) is 6.28. The number of anilines is 1. The molecule has 0 heterocycles. The number of halogens is 1. The molecule has 0 fully saturated rings. The summed E-state index contributed by atoms with van der Waals surface area (Å²) in [4.78, 5) is 10.9. The molecule has 2 aromatic rings. The van der Waals surface area contributed by atoms with Gasteiger partial charge < -0.3 is 15.2 Å². The van der Waals surface area contributed by atoms with Crippen molar-refractivity contribution in [2.45, 2.75) is 0 Å². The topological polar surface area (TPSA) is 83.0 Å². The monoisotopic (exact) mass is 407 g/mol. The Labute approximate surface area is 152 Å². The Morgan fingerprint density at radius 3 is 2.83 bits per heavy atom. The molecule has 3 N–H and O–H groups in total. The summed E-state index contributed by atoms with van der Waals surface area (Å²) in [5.41, 5.74) is 4.17. The number of hydrogen-bond donors (Lipinski definition) is 3. The number of carboxylic acids is 1. The number of aromatic carboxylic acids is 1. The van der Waals surface area contributed by atoms with Crippen molar-refractivity contribution in [1.82, 2.24) is 5.43 Å². The van der Waals surface area contributed by atoms with Gasteiger partial charge in [0.15, 0.2) is 5.11 Å². The molecule has 0 amide bonds. The highest BCUT2D eigenvalue weighted by Crippen LogP contribution is 2.21. The molecule has 0 radical (unpaired) electrons. The van der Waals surface area contributed by atoms with Crippen molar-refractivity contribution >= 4 is 51.1 Å². The van der Waals surface area contributed by atoms with Crippen molar-refractivity contribution in [1.29, 1.82) is 0 Å². The number of carbonyl (C=O) groups is 1. The maximum absolute atomic E-state index is 10.9. The second-order valence-corrected chi connectivity index (χ2v) is 5.92. The highest BCUT2D eigenvalue weighted by atomic mass is 79.9. The third kappa shape index (κ3) is 5.04. The van der Waals surface area contributed by atoms with Crippen LogP contribution < -0.4 is 15.5 Å². The molecular formula is C16H14BrN3O3S. The van der Waals surface area contributed by atoms with Gasteiger partial charge in [0, 0.05) is 15.7 Å². The van der Waals surface area contributed by atoms with E-state index in [9.17, 15) is 4.79 Å². The Hall–Kier alpha value is -2.45. The molecule has 0 atom stereocenters. The molecule has 124 valence electrons. The third-order valence-electron chi connectivity index (χ3n) is 2.93. The molecule has 24 heavy (non-hydrogen) atoms. The van der Waals surface area contributed by atoms with Crippen LogP contribution in [0.4, 0.5) is 5.69 Å². The summed E-state index contributed by atoms with van der Waals surface area (Å²) in [7, 11) is 1.58. The minimum atomic E-state index is -1.00. The summed E-state index contributed by atoms with van der Waals surface area (Å²) in [5.74, 6) is -0.325. The number of nitrogens with zero attached hydrogens (tertiary/aromatic N) is 1. The van der Waals surface area contributed by atoms with E-state index in [-0.39, 0.29) is 10.7 Å². The highest BCUT2D eigenvalue weighted by molar-refractivity contribution is 9.10. The number of carboxylic acid groups (broad SMARTS) is 1. The molecule has 2 aromatic carbocycles. The molecular weight excluding hydrogens is 394 g/mol. The van der Waals surface area contributed by atoms with E-state index in [1.165, 1.54) is 12.1 Å². The van der Waals surface area contributed by atoms with Crippen molar-refractivity contribution < 1.29 is 14.6 Å². The van der Waals surface area contributed by atoms with Crippen molar-refractivity contribution in [2.24, 2.45) is 5.10 Å². The number of hydrogen-bond acceptors (Lipinski definition) is 4. The van der Waals surface area contributed by atoms with Gasteiger partial charge in [-0.3, -0.25) is 5.43 Å². The molecule has 0 aromatic heterocycles. The number of benzene rings is 2. The summed E-state index contributed by atoms with van der Waals surface area (Å²) < 4.78 is 6.14. The fraction of sp³-hybridized carbons (Fsp3) is 0.0625. The van der Waals surface area contributed by atoms with Crippen LogP contribution in [-0.4, -0.2) is 29.5 Å². The standard InChI is InChI=1S/C16H14BrN3O3S/c1-23-14-6-5-12(17)7-11(14)9-18-20-16(24)19-13-4-2-3-10(8-13)15(21)22/h2-9H,1H3,(H,21,22)(H2,19,20,24)/b18-9-. The van der Waals surface area contributed by atoms with Crippen LogP contribution in [0.5, 0.6) is 5.75 Å². The second kappa shape index (κ2) is 8.42. The zero-order chi connectivity index (χ0) is 17.5. The molecule has 0 saturated carbocycles. The van der Waals surface area contributed by atoms with E-state index in [1.807, 2.05) is 18.2 Å². The quantitative estimate of drug-likeness (QED) is 0.399. The van der Waals surface area contributed by atoms with Gasteiger partial charge in [-0.1, -0.05) is 22.0 Å². The first kappa shape index (κ1) is 17.9. The number of ether oxygens (including phenoxy) is 1. The van der Waals surface area contributed by atoms with Crippen molar-refractivity contribution in [3.8, 4) is 5.75 Å². The van der Waals surface area contributed by atoms with Gasteiger partial charge in [-0.2, -0.15) is 5.10 Å². The van der Waals surface area contributed by atoms with Crippen LogP contribution in [0.1, 0.15) is 15.9 Å².